The van der Waals surface area contributed by atoms with Crippen LogP contribution in [0.2, 0.25) is 0 Å². The van der Waals surface area contributed by atoms with E-state index in [4.69, 9.17) is 9.11 Å². The van der Waals surface area contributed by atoms with Crippen LogP contribution in [0.3, 0.4) is 0 Å². The quantitative estimate of drug-likeness (QED) is 0.600. The number of ether oxygens (including phenoxy) is 1. The second kappa shape index (κ2) is 9.91. The lowest BCUT2D eigenvalue weighted by atomic mass is 10.1. The molecule has 30 heavy (non-hydrogen) atoms. The van der Waals surface area contributed by atoms with E-state index in [1.54, 1.807) is 11.5 Å². The Morgan fingerprint density at radius 3 is 2.70 bits per heavy atom. The molecule has 1 aliphatic heterocycles. The van der Waals surface area contributed by atoms with E-state index >= 15 is 0 Å². The van der Waals surface area contributed by atoms with Gasteiger partial charge in [0.25, 0.3) is 0 Å². The van der Waals surface area contributed by atoms with Crippen molar-refractivity contribution in [2.24, 2.45) is 0 Å². The molecule has 0 bridgehead atoms. The van der Waals surface area contributed by atoms with E-state index in [0.29, 0.717) is 6.61 Å². The van der Waals surface area contributed by atoms with Gasteiger partial charge in [-0.25, -0.2) is 4.79 Å². The zero-order chi connectivity index (χ0) is 20.8. The zero-order valence-corrected chi connectivity index (χ0v) is 18.2. The monoisotopic (exact) mass is 424 g/mol. The van der Waals surface area contributed by atoms with Gasteiger partial charge in [-0.2, -0.15) is 4.37 Å². The van der Waals surface area contributed by atoms with Crippen LogP contribution in [-0.4, -0.2) is 54.7 Å². The molecule has 1 aromatic heterocycles. The number of fused-ring (bicyclic) bond motifs is 1. The first-order chi connectivity index (χ1) is 14.7. The number of amides is 1. The summed E-state index contributed by atoms with van der Waals surface area (Å²) >= 11 is 1.58. The third-order valence-corrected chi connectivity index (χ3v) is 6.24. The lowest BCUT2D eigenvalue weighted by molar-refractivity contribution is 0.161. The number of nitrogens with one attached hydrogen (secondary N) is 1. The van der Waals surface area contributed by atoms with Gasteiger partial charge in [0.05, 0.1) is 11.3 Å². The summed E-state index contributed by atoms with van der Waals surface area (Å²) in [5.41, 5.74) is 1.98. The standard InChI is InChI=1S/C23H28N4O2S/c1-2-17-29-23(28)24-20-9-5-3-7-18(20)11-12-26-13-15-27(16-14-26)22-19-8-4-6-10-21(19)30-25-22/h3-10H,2,11-17H2,1H3,(H,24,28). The molecule has 3 aromatic rings. The Kier molecular flexibility index (Phi) is 6.81. The fraction of sp³-hybridized carbons (Fsp3) is 0.391. The highest BCUT2D eigenvalue weighted by molar-refractivity contribution is 7.13. The second-order valence-electron chi connectivity index (χ2n) is 7.50. The fourth-order valence-electron chi connectivity index (χ4n) is 3.76. The smallest absolute Gasteiger partial charge is 0.411 e. The molecular weight excluding hydrogens is 396 g/mol. The Bertz CT molecular complexity index is 982. The van der Waals surface area contributed by atoms with Crippen molar-refractivity contribution in [3.8, 4) is 0 Å². The molecule has 158 valence electrons. The fourth-order valence-corrected chi connectivity index (χ4v) is 4.56. The van der Waals surface area contributed by atoms with Gasteiger partial charge in [0.2, 0.25) is 0 Å². The summed E-state index contributed by atoms with van der Waals surface area (Å²) in [5, 5.41) is 4.14. The summed E-state index contributed by atoms with van der Waals surface area (Å²) in [6.45, 7) is 7.38. The summed E-state index contributed by atoms with van der Waals surface area (Å²) in [6, 6.07) is 16.4. The normalized spacial score (nSPS) is 14.8. The third kappa shape index (κ3) is 4.91. The molecule has 1 fully saturated rings. The Hall–Kier alpha value is -2.64. The van der Waals surface area contributed by atoms with E-state index in [1.165, 1.54) is 10.1 Å². The number of hydrogen-bond acceptors (Lipinski definition) is 6. The van der Waals surface area contributed by atoms with Crippen molar-refractivity contribution in [2.75, 3.05) is 49.5 Å². The van der Waals surface area contributed by atoms with Gasteiger partial charge < -0.3 is 9.64 Å². The summed E-state index contributed by atoms with van der Waals surface area (Å²) in [6.07, 6.45) is 1.33. The number of piperazine rings is 1. The second-order valence-corrected chi connectivity index (χ2v) is 8.30. The van der Waals surface area contributed by atoms with Gasteiger partial charge in [0.15, 0.2) is 0 Å². The molecule has 2 aromatic carbocycles. The Labute approximate surface area is 181 Å². The van der Waals surface area contributed by atoms with Gasteiger partial charge in [-0.1, -0.05) is 37.3 Å². The van der Waals surface area contributed by atoms with Crippen LogP contribution in [0.1, 0.15) is 18.9 Å². The summed E-state index contributed by atoms with van der Waals surface area (Å²) in [7, 11) is 0. The molecular formula is C23H28N4O2S. The highest BCUT2D eigenvalue weighted by Gasteiger charge is 2.20. The molecule has 0 spiro atoms. The van der Waals surface area contributed by atoms with Crippen molar-refractivity contribution >= 4 is 39.2 Å². The van der Waals surface area contributed by atoms with Crippen molar-refractivity contribution in [2.45, 2.75) is 19.8 Å². The van der Waals surface area contributed by atoms with Crippen molar-refractivity contribution in [1.29, 1.82) is 0 Å². The van der Waals surface area contributed by atoms with Gasteiger partial charge in [-0.15, -0.1) is 0 Å². The van der Waals surface area contributed by atoms with Gasteiger partial charge in [-0.3, -0.25) is 10.2 Å². The number of rotatable bonds is 7. The van der Waals surface area contributed by atoms with Crippen molar-refractivity contribution in [3.05, 3.63) is 54.1 Å². The first-order valence-electron chi connectivity index (χ1n) is 10.6. The maximum atomic E-state index is 11.9. The Morgan fingerprint density at radius 1 is 1.10 bits per heavy atom. The van der Waals surface area contributed by atoms with E-state index in [1.807, 2.05) is 25.1 Å². The lowest BCUT2D eigenvalue weighted by Gasteiger charge is -2.35. The molecule has 6 nitrogen and oxygen atoms in total. The molecule has 7 heteroatoms. The van der Waals surface area contributed by atoms with E-state index in [2.05, 4.69) is 45.4 Å². The van der Waals surface area contributed by atoms with Gasteiger partial charge in [0.1, 0.15) is 5.82 Å². The largest absolute Gasteiger partial charge is 0.449 e. The zero-order valence-electron chi connectivity index (χ0n) is 17.3. The van der Waals surface area contributed by atoms with Crippen molar-refractivity contribution in [1.82, 2.24) is 9.27 Å². The van der Waals surface area contributed by atoms with Gasteiger partial charge >= 0.3 is 6.09 Å². The van der Waals surface area contributed by atoms with Crippen LogP contribution in [0, 0.1) is 0 Å². The van der Waals surface area contributed by atoms with Crippen LogP contribution < -0.4 is 10.2 Å². The van der Waals surface area contributed by atoms with Crippen LogP contribution in [0.15, 0.2) is 48.5 Å². The number of nitrogens with zero attached hydrogens (tertiary/aromatic N) is 3. The summed E-state index contributed by atoms with van der Waals surface area (Å²) in [4.78, 5) is 16.8. The van der Waals surface area contributed by atoms with Crippen LogP contribution >= 0.6 is 11.5 Å². The van der Waals surface area contributed by atoms with Gasteiger partial charge in [-0.05, 0) is 48.1 Å². The van der Waals surface area contributed by atoms with Crippen molar-refractivity contribution < 1.29 is 9.53 Å². The number of benzene rings is 2. The minimum atomic E-state index is -0.381. The molecule has 1 amide bonds. The molecule has 1 N–H and O–H groups in total. The molecule has 0 atom stereocenters. The third-order valence-electron chi connectivity index (χ3n) is 5.42. The van der Waals surface area contributed by atoms with Crippen LogP contribution in [0.5, 0.6) is 0 Å². The average molecular weight is 425 g/mol. The number of carbonyl (C=O) groups excluding carboxylic acids is 1. The Balaban J connectivity index is 1.30. The minimum Gasteiger partial charge on any atom is -0.449 e. The molecule has 2 heterocycles. The molecule has 1 aliphatic rings. The average Bonchev–Trinajstić information content (AvgIpc) is 3.22. The number of anilines is 2. The van der Waals surface area contributed by atoms with Crippen LogP contribution in [-0.2, 0) is 11.2 Å². The predicted octanol–water partition coefficient (Wildman–Crippen LogP) is 4.62. The number of para-hydroxylation sites is 1. The highest BCUT2D eigenvalue weighted by Crippen LogP contribution is 2.29. The first kappa shape index (κ1) is 20.6. The number of hydrogen-bond donors (Lipinski definition) is 1. The first-order valence-corrected chi connectivity index (χ1v) is 11.4. The number of aromatic nitrogens is 1. The van der Waals surface area contributed by atoms with Crippen LogP contribution in [0.25, 0.3) is 10.1 Å². The molecule has 0 aliphatic carbocycles. The topological polar surface area (TPSA) is 57.7 Å². The molecule has 0 saturated carbocycles. The maximum absolute atomic E-state index is 11.9. The predicted molar refractivity (Wildman–Crippen MR) is 124 cm³/mol. The van der Waals surface area contributed by atoms with E-state index in [0.717, 1.165) is 62.6 Å². The maximum Gasteiger partial charge on any atom is 0.411 e. The molecule has 0 unspecified atom stereocenters. The van der Waals surface area contributed by atoms with Crippen molar-refractivity contribution in [3.63, 3.8) is 0 Å². The molecule has 4 rings (SSSR count). The minimum absolute atomic E-state index is 0.381. The SMILES string of the molecule is CCCOC(=O)Nc1ccccc1CCN1CCN(c2nsc3ccccc23)CC1. The van der Waals surface area contributed by atoms with E-state index in [-0.39, 0.29) is 6.09 Å². The summed E-state index contributed by atoms with van der Waals surface area (Å²) < 4.78 is 11.1. The molecule has 1 saturated heterocycles. The van der Waals surface area contributed by atoms with E-state index < -0.39 is 0 Å². The Morgan fingerprint density at radius 2 is 1.87 bits per heavy atom. The van der Waals surface area contributed by atoms with E-state index in [9.17, 15) is 4.79 Å². The van der Waals surface area contributed by atoms with Crippen LogP contribution in [0.4, 0.5) is 16.3 Å². The van der Waals surface area contributed by atoms with Gasteiger partial charge in [0, 0.05) is 43.8 Å². The molecule has 0 radical (unpaired) electrons. The lowest BCUT2D eigenvalue weighted by Crippen LogP contribution is -2.47. The summed E-state index contributed by atoms with van der Waals surface area (Å²) in [5.74, 6) is 1.12. The highest BCUT2D eigenvalue weighted by atomic mass is 32.1. The number of carbonyl (C=O) groups is 1.